The second-order valence-corrected chi connectivity index (χ2v) is 5.97. The van der Waals surface area contributed by atoms with Gasteiger partial charge in [0, 0.05) is 13.1 Å². The highest BCUT2D eigenvalue weighted by Crippen LogP contribution is 2.30. The van der Waals surface area contributed by atoms with Gasteiger partial charge in [-0.15, -0.1) is 0 Å². The molecule has 0 saturated carbocycles. The zero-order valence-electron chi connectivity index (χ0n) is 12.2. The number of benzene rings is 1. The van der Waals surface area contributed by atoms with Crippen LogP contribution in [0.15, 0.2) is 18.2 Å². The van der Waals surface area contributed by atoms with Gasteiger partial charge in [0.25, 0.3) is 5.91 Å². The molecule has 0 aromatic heterocycles. The van der Waals surface area contributed by atoms with Crippen LogP contribution in [0.5, 0.6) is 0 Å². The molecular weight excluding hydrogens is 300 g/mol. The first-order valence-corrected chi connectivity index (χ1v) is 7.07. The van der Waals surface area contributed by atoms with Gasteiger partial charge >= 0.3 is 6.18 Å². The Hall–Kier alpha value is -1.63. The molecule has 1 atom stereocenters. The fraction of sp³-hybridized carbons (Fsp3) is 0.533. The lowest BCUT2D eigenvalue weighted by Crippen LogP contribution is -2.45. The summed E-state index contributed by atoms with van der Waals surface area (Å²) in [6.07, 6.45) is -2.75. The van der Waals surface area contributed by atoms with Gasteiger partial charge in [-0.25, -0.2) is 4.39 Å². The molecular formula is C15H18F4N2O. The largest absolute Gasteiger partial charge is 0.416 e. The van der Waals surface area contributed by atoms with Gasteiger partial charge < -0.3 is 10.6 Å². The number of carbonyl (C=O) groups excluding carboxylic acids is 1. The molecule has 122 valence electrons. The summed E-state index contributed by atoms with van der Waals surface area (Å²) in [6.45, 7) is 3.88. The maximum atomic E-state index is 13.6. The van der Waals surface area contributed by atoms with Gasteiger partial charge in [0.1, 0.15) is 5.82 Å². The highest BCUT2D eigenvalue weighted by Gasteiger charge is 2.32. The summed E-state index contributed by atoms with van der Waals surface area (Å²) in [5.41, 5.74) is -1.79. The fourth-order valence-corrected chi connectivity index (χ4v) is 2.53. The third-order valence-corrected chi connectivity index (χ3v) is 3.90. The number of amides is 1. The van der Waals surface area contributed by atoms with Crippen molar-refractivity contribution in [2.24, 2.45) is 5.41 Å². The van der Waals surface area contributed by atoms with Gasteiger partial charge in [-0.05, 0) is 43.0 Å². The van der Waals surface area contributed by atoms with Crippen molar-refractivity contribution in [3.63, 3.8) is 0 Å². The second kappa shape index (κ2) is 6.24. The van der Waals surface area contributed by atoms with Crippen molar-refractivity contribution in [2.75, 3.05) is 19.6 Å². The molecule has 0 spiro atoms. The summed E-state index contributed by atoms with van der Waals surface area (Å²) < 4.78 is 51.5. The molecule has 0 bridgehead atoms. The van der Waals surface area contributed by atoms with Gasteiger partial charge in [-0.2, -0.15) is 13.2 Å². The van der Waals surface area contributed by atoms with Gasteiger partial charge in [-0.3, -0.25) is 4.79 Å². The van der Waals surface area contributed by atoms with Gasteiger partial charge in [0.05, 0.1) is 11.1 Å². The van der Waals surface area contributed by atoms with Crippen LogP contribution >= 0.6 is 0 Å². The first-order chi connectivity index (χ1) is 10.2. The molecule has 0 aliphatic carbocycles. The van der Waals surface area contributed by atoms with Crippen molar-refractivity contribution in [1.29, 1.82) is 0 Å². The zero-order valence-corrected chi connectivity index (χ0v) is 12.2. The first kappa shape index (κ1) is 16.7. The molecule has 1 aromatic rings. The summed E-state index contributed by atoms with van der Waals surface area (Å²) in [5.74, 6) is -1.78. The van der Waals surface area contributed by atoms with Crippen LogP contribution in [0.3, 0.4) is 0 Å². The Kier molecular flexibility index (Phi) is 4.75. The highest BCUT2D eigenvalue weighted by molar-refractivity contribution is 5.94. The molecule has 22 heavy (non-hydrogen) atoms. The summed E-state index contributed by atoms with van der Waals surface area (Å²) in [6, 6.07) is 1.84. The van der Waals surface area contributed by atoms with E-state index in [0.717, 1.165) is 19.4 Å². The molecule has 1 heterocycles. The van der Waals surface area contributed by atoms with E-state index in [2.05, 4.69) is 10.6 Å². The standard InChI is InChI=1S/C15H18F4N2O/c1-14(5-2-6-20-8-14)9-21-13(22)11-7-10(15(17,18)19)3-4-12(11)16/h3-4,7,20H,2,5-6,8-9H2,1H3,(H,21,22). The molecule has 1 amide bonds. The third kappa shape index (κ3) is 3.97. The maximum absolute atomic E-state index is 13.6. The minimum Gasteiger partial charge on any atom is -0.351 e. The summed E-state index contributed by atoms with van der Waals surface area (Å²) in [4.78, 5) is 12.0. The lowest BCUT2D eigenvalue weighted by atomic mass is 9.83. The number of alkyl halides is 3. The van der Waals surface area contributed by atoms with Crippen LogP contribution in [0.1, 0.15) is 35.7 Å². The predicted molar refractivity (Wildman–Crippen MR) is 73.9 cm³/mol. The average Bonchev–Trinajstić information content (AvgIpc) is 2.45. The number of nitrogens with one attached hydrogen (secondary N) is 2. The predicted octanol–water partition coefficient (Wildman–Crippen LogP) is 2.96. The van der Waals surface area contributed by atoms with Crippen LogP contribution in [-0.2, 0) is 6.18 Å². The monoisotopic (exact) mass is 318 g/mol. The molecule has 2 N–H and O–H groups in total. The van der Waals surface area contributed by atoms with Crippen molar-refractivity contribution in [3.8, 4) is 0 Å². The number of hydrogen-bond acceptors (Lipinski definition) is 2. The van der Waals surface area contributed by atoms with Crippen molar-refractivity contribution in [2.45, 2.75) is 25.9 Å². The molecule has 1 unspecified atom stereocenters. The van der Waals surface area contributed by atoms with E-state index in [9.17, 15) is 22.4 Å². The SMILES string of the molecule is CC1(CNC(=O)c2cc(C(F)(F)F)ccc2F)CCCNC1. The Morgan fingerprint density at radius 1 is 1.41 bits per heavy atom. The number of rotatable bonds is 3. The highest BCUT2D eigenvalue weighted by atomic mass is 19.4. The van der Waals surface area contributed by atoms with Crippen LogP contribution in [0, 0.1) is 11.2 Å². The quantitative estimate of drug-likeness (QED) is 0.841. The smallest absolute Gasteiger partial charge is 0.351 e. The second-order valence-electron chi connectivity index (χ2n) is 5.97. The molecule has 1 fully saturated rings. The number of piperidine rings is 1. The van der Waals surface area contributed by atoms with Crippen molar-refractivity contribution >= 4 is 5.91 Å². The Bertz CT molecular complexity index is 551. The normalized spacial score (nSPS) is 22.4. The Balaban J connectivity index is 2.09. The Morgan fingerprint density at radius 2 is 2.14 bits per heavy atom. The minimum absolute atomic E-state index is 0.175. The molecule has 1 aliphatic rings. The van der Waals surface area contributed by atoms with Gasteiger partial charge in [0.2, 0.25) is 0 Å². The molecule has 3 nitrogen and oxygen atoms in total. The van der Waals surface area contributed by atoms with Crippen molar-refractivity contribution < 1.29 is 22.4 Å². The molecule has 7 heteroatoms. The lowest BCUT2D eigenvalue weighted by molar-refractivity contribution is -0.137. The Morgan fingerprint density at radius 3 is 2.73 bits per heavy atom. The minimum atomic E-state index is -4.61. The van der Waals surface area contributed by atoms with Crippen LogP contribution in [0.2, 0.25) is 0 Å². The number of carbonyl (C=O) groups is 1. The number of hydrogen-bond donors (Lipinski definition) is 2. The Labute approximate surface area is 126 Å². The van der Waals surface area contributed by atoms with Gasteiger partial charge in [-0.1, -0.05) is 6.92 Å². The van der Waals surface area contributed by atoms with Crippen LogP contribution in [0.25, 0.3) is 0 Å². The van der Waals surface area contributed by atoms with E-state index in [1.165, 1.54) is 0 Å². The molecule has 0 radical (unpaired) electrons. The zero-order chi connectivity index (χ0) is 16.4. The molecule has 1 saturated heterocycles. The average molecular weight is 318 g/mol. The summed E-state index contributed by atoms with van der Waals surface area (Å²) >= 11 is 0. The van der Waals surface area contributed by atoms with Gasteiger partial charge in [0.15, 0.2) is 0 Å². The van der Waals surface area contributed by atoms with E-state index in [1.54, 1.807) is 0 Å². The molecule has 1 aliphatic heterocycles. The van der Waals surface area contributed by atoms with Crippen molar-refractivity contribution in [3.05, 3.63) is 35.1 Å². The van der Waals surface area contributed by atoms with E-state index in [1.807, 2.05) is 6.92 Å². The van der Waals surface area contributed by atoms with Crippen molar-refractivity contribution in [1.82, 2.24) is 10.6 Å². The fourth-order valence-electron chi connectivity index (χ4n) is 2.53. The summed E-state index contributed by atoms with van der Waals surface area (Å²) in [7, 11) is 0. The third-order valence-electron chi connectivity index (χ3n) is 3.90. The van der Waals surface area contributed by atoms with E-state index >= 15 is 0 Å². The number of halogens is 4. The maximum Gasteiger partial charge on any atom is 0.416 e. The van der Waals surface area contributed by atoms with E-state index in [-0.39, 0.29) is 12.0 Å². The van der Waals surface area contributed by atoms with E-state index in [0.29, 0.717) is 24.7 Å². The van der Waals surface area contributed by atoms with Crippen LogP contribution < -0.4 is 10.6 Å². The summed E-state index contributed by atoms with van der Waals surface area (Å²) in [5, 5.41) is 5.75. The lowest BCUT2D eigenvalue weighted by Gasteiger charge is -2.34. The van der Waals surface area contributed by atoms with Crippen LogP contribution in [-0.4, -0.2) is 25.5 Å². The molecule has 1 aromatic carbocycles. The van der Waals surface area contributed by atoms with Crippen LogP contribution in [0.4, 0.5) is 17.6 Å². The topological polar surface area (TPSA) is 41.1 Å². The first-order valence-electron chi connectivity index (χ1n) is 7.07. The van der Waals surface area contributed by atoms with E-state index in [4.69, 9.17) is 0 Å². The molecule has 2 rings (SSSR count). The van der Waals surface area contributed by atoms with E-state index < -0.39 is 29.0 Å².